The molecule has 63 valence electrons. The lowest BCUT2D eigenvalue weighted by molar-refractivity contribution is 1.17. The molecule has 0 fully saturated rings. The van der Waals surface area contributed by atoms with Crippen molar-refractivity contribution < 1.29 is 0 Å². The van der Waals surface area contributed by atoms with Crippen LogP contribution in [0.2, 0.25) is 0 Å². The number of rotatable bonds is 1. The van der Waals surface area contributed by atoms with Gasteiger partial charge in [-0.2, -0.15) is 0 Å². The maximum atomic E-state index is 3.96. The van der Waals surface area contributed by atoms with Gasteiger partial charge >= 0.3 is 0 Å². The average molecular weight is 169 g/mol. The first kappa shape index (κ1) is 7.92. The summed E-state index contributed by atoms with van der Waals surface area (Å²) in [5.74, 6) is 0. The van der Waals surface area contributed by atoms with E-state index in [0.29, 0.717) is 0 Å². The van der Waals surface area contributed by atoms with Crippen molar-refractivity contribution in [2.45, 2.75) is 0 Å². The molecule has 0 amide bonds. The Labute approximate surface area is 77.3 Å². The predicted octanol–water partition coefficient (Wildman–Crippen LogP) is 2.33. The Hall–Kier alpha value is -1.70. The molecule has 1 heterocycles. The fraction of sp³-hybridized carbons (Fsp3) is 0. The molecule has 2 heteroatoms. The van der Waals surface area contributed by atoms with E-state index in [1.54, 1.807) is 12.4 Å². The molecule has 0 N–H and O–H groups in total. The summed E-state index contributed by atoms with van der Waals surface area (Å²) in [6.07, 6.45) is 5.12. The molecule has 0 spiro atoms. The molecule has 2 aromatic rings. The van der Waals surface area contributed by atoms with E-state index in [4.69, 9.17) is 0 Å². The van der Waals surface area contributed by atoms with Crippen LogP contribution >= 0.6 is 0 Å². The van der Waals surface area contributed by atoms with Gasteiger partial charge in [-0.25, -0.2) is 9.97 Å². The van der Waals surface area contributed by atoms with E-state index in [2.05, 4.69) is 16.9 Å². The Morgan fingerprint density at radius 1 is 0.846 bits per heavy atom. The zero-order valence-electron chi connectivity index (χ0n) is 7.14. The summed E-state index contributed by atoms with van der Waals surface area (Å²) in [6, 6.07) is 7.98. The molecule has 0 atom stereocenters. The first-order valence-electron chi connectivity index (χ1n) is 4.04. The monoisotopic (exact) mass is 169 g/mol. The Morgan fingerprint density at radius 2 is 1.46 bits per heavy atom. The molecule has 1 radical (unpaired) electrons. The lowest BCUT2D eigenvalue weighted by Crippen LogP contribution is -1.81. The van der Waals surface area contributed by atoms with Gasteiger partial charge in [-0.1, -0.05) is 24.3 Å². The number of hydrogen-bond donors (Lipinski definition) is 0. The second-order valence-corrected chi connectivity index (χ2v) is 2.82. The summed E-state index contributed by atoms with van der Waals surface area (Å²) in [5, 5.41) is 0. The van der Waals surface area contributed by atoms with Crippen molar-refractivity contribution in [1.82, 2.24) is 9.97 Å². The van der Waals surface area contributed by atoms with Crippen LogP contribution < -0.4 is 0 Å². The van der Waals surface area contributed by atoms with Crippen LogP contribution in [0.1, 0.15) is 5.56 Å². The normalized spacial score (nSPS) is 9.92. The van der Waals surface area contributed by atoms with Crippen molar-refractivity contribution >= 4 is 0 Å². The molecule has 0 aliphatic rings. The molecule has 0 unspecified atom stereocenters. The summed E-state index contributed by atoms with van der Waals surface area (Å²) in [6.45, 7) is 3.82. The van der Waals surface area contributed by atoms with Crippen LogP contribution in [-0.4, -0.2) is 9.97 Å². The maximum absolute atomic E-state index is 3.96. The minimum atomic E-state index is 1.01. The van der Waals surface area contributed by atoms with E-state index in [1.165, 1.54) is 6.33 Å². The second-order valence-electron chi connectivity index (χ2n) is 2.82. The molecular formula is C11H9N2. The van der Waals surface area contributed by atoms with Crippen LogP contribution in [0.25, 0.3) is 11.1 Å². The molecule has 0 saturated carbocycles. The standard InChI is InChI=1S/C11H9N2/c1-9-2-4-10(5-3-9)11-6-12-8-13-7-11/h2-8H,1H2. The minimum Gasteiger partial charge on any atom is -0.244 e. The first-order chi connectivity index (χ1) is 6.36. The first-order valence-corrected chi connectivity index (χ1v) is 4.04. The average Bonchev–Trinajstić information content (AvgIpc) is 2.20. The lowest BCUT2D eigenvalue weighted by atomic mass is 10.1. The molecule has 0 bridgehead atoms. The smallest absolute Gasteiger partial charge is 0.115 e. The number of hydrogen-bond acceptors (Lipinski definition) is 2. The Morgan fingerprint density at radius 3 is 2.08 bits per heavy atom. The van der Waals surface area contributed by atoms with Gasteiger partial charge in [0, 0.05) is 18.0 Å². The fourth-order valence-electron chi connectivity index (χ4n) is 1.15. The van der Waals surface area contributed by atoms with Gasteiger partial charge in [0.05, 0.1) is 0 Å². The van der Waals surface area contributed by atoms with Crippen molar-refractivity contribution in [3.8, 4) is 11.1 Å². The van der Waals surface area contributed by atoms with Gasteiger partial charge in [-0.15, -0.1) is 0 Å². The number of nitrogens with zero attached hydrogens (tertiary/aromatic N) is 2. The molecule has 13 heavy (non-hydrogen) atoms. The van der Waals surface area contributed by atoms with Gasteiger partial charge < -0.3 is 0 Å². The van der Waals surface area contributed by atoms with Crippen molar-refractivity contribution in [3.63, 3.8) is 0 Å². The highest BCUT2D eigenvalue weighted by Crippen LogP contribution is 2.16. The molecule has 1 aromatic heterocycles. The van der Waals surface area contributed by atoms with E-state index in [1.807, 2.05) is 24.3 Å². The fourth-order valence-corrected chi connectivity index (χ4v) is 1.15. The Kier molecular flexibility index (Phi) is 2.04. The number of benzene rings is 1. The zero-order valence-corrected chi connectivity index (χ0v) is 7.14. The summed E-state index contributed by atoms with van der Waals surface area (Å²) in [7, 11) is 0. The summed E-state index contributed by atoms with van der Waals surface area (Å²) < 4.78 is 0. The minimum absolute atomic E-state index is 1.01. The third kappa shape index (κ3) is 1.72. The highest BCUT2D eigenvalue weighted by molar-refractivity contribution is 5.61. The molecule has 0 saturated heterocycles. The van der Waals surface area contributed by atoms with E-state index in [-0.39, 0.29) is 0 Å². The SMILES string of the molecule is [CH2]c1ccc(-c2cncnc2)cc1. The van der Waals surface area contributed by atoms with Gasteiger partial charge in [-0.05, 0) is 18.1 Å². The van der Waals surface area contributed by atoms with Crippen molar-refractivity contribution in [3.05, 3.63) is 55.5 Å². The lowest BCUT2D eigenvalue weighted by Gasteiger charge is -1.99. The third-order valence-electron chi connectivity index (χ3n) is 1.85. The van der Waals surface area contributed by atoms with E-state index >= 15 is 0 Å². The van der Waals surface area contributed by atoms with Gasteiger partial charge in [0.1, 0.15) is 6.33 Å². The molecule has 0 aliphatic carbocycles. The molecule has 2 nitrogen and oxygen atoms in total. The van der Waals surface area contributed by atoms with Crippen molar-refractivity contribution in [1.29, 1.82) is 0 Å². The van der Waals surface area contributed by atoms with Gasteiger partial charge in [-0.3, -0.25) is 0 Å². The van der Waals surface area contributed by atoms with E-state index in [0.717, 1.165) is 16.7 Å². The summed E-state index contributed by atoms with van der Waals surface area (Å²) in [5.41, 5.74) is 3.16. The molecular weight excluding hydrogens is 160 g/mol. The second kappa shape index (κ2) is 3.35. The van der Waals surface area contributed by atoms with Gasteiger partial charge in [0.2, 0.25) is 0 Å². The van der Waals surface area contributed by atoms with Gasteiger partial charge in [0.25, 0.3) is 0 Å². The predicted molar refractivity (Wildman–Crippen MR) is 51.9 cm³/mol. The number of aromatic nitrogens is 2. The summed E-state index contributed by atoms with van der Waals surface area (Å²) >= 11 is 0. The van der Waals surface area contributed by atoms with Crippen LogP contribution in [0, 0.1) is 6.92 Å². The van der Waals surface area contributed by atoms with E-state index in [9.17, 15) is 0 Å². The molecule has 1 aromatic carbocycles. The highest BCUT2D eigenvalue weighted by Gasteiger charge is 1.95. The third-order valence-corrected chi connectivity index (χ3v) is 1.85. The maximum Gasteiger partial charge on any atom is 0.115 e. The topological polar surface area (TPSA) is 25.8 Å². The van der Waals surface area contributed by atoms with Crippen molar-refractivity contribution in [2.24, 2.45) is 0 Å². The Bertz CT molecular complexity index is 379. The quantitative estimate of drug-likeness (QED) is 0.654. The summed E-state index contributed by atoms with van der Waals surface area (Å²) in [4.78, 5) is 7.91. The largest absolute Gasteiger partial charge is 0.244 e. The van der Waals surface area contributed by atoms with Crippen molar-refractivity contribution in [2.75, 3.05) is 0 Å². The molecule has 2 rings (SSSR count). The van der Waals surface area contributed by atoms with Crippen LogP contribution in [-0.2, 0) is 0 Å². The molecule has 0 aliphatic heterocycles. The van der Waals surface area contributed by atoms with Crippen LogP contribution in [0.4, 0.5) is 0 Å². The highest BCUT2D eigenvalue weighted by atomic mass is 14.8. The van der Waals surface area contributed by atoms with Crippen LogP contribution in [0.5, 0.6) is 0 Å². The Balaban J connectivity index is 2.42. The zero-order chi connectivity index (χ0) is 9.10. The van der Waals surface area contributed by atoms with Gasteiger partial charge in [0.15, 0.2) is 0 Å². The van der Waals surface area contributed by atoms with Crippen LogP contribution in [0.15, 0.2) is 43.0 Å². The van der Waals surface area contributed by atoms with E-state index < -0.39 is 0 Å². The van der Waals surface area contributed by atoms with Crippen LogP contribution in [0.3, 0.4) is 0 Å².